The molecule has 2 aromatic carbocycles. The molecule has 1 saturated heterocycles. The lowest BCUT2D eigenvalue weighted by molar-refractivity contribution is -0.123. The van der Waals surface area contributed by atoms with Crippen molar-refractivity contribution < 1.29 is 18.7 Å². The molecule has 1 fully saturated rings. The van der Waals surface area contributed by atoms with Crippen LogP contribution in [0.3, 0.4) is 0 Å². The molecule has 5 nitrogen and oxygen atoms in total. The molecule has 0 atom stereocenters. The summed E-state index contributed by atoms with van der Waals surface area (Å²) in [5, 5.41) is 0.732. The fourth-order valence-electron chi connectivity index (χ4n) is 3.21. The number of thioether (sulfide) groups is 1. The van der Waals surface area contributed by atoms with E-state index in [2.05, 4.69) is 27.6 Å². The van der Waals surface area contributed by atoms with Crippen LogP contribution in [0.15, 0.2) is 46.3 Å². The van der Waals surface area contributed by atoms with Gasteiger partial charge in [0.1, 0.15) is 12.4 Å². The third-order valence-corrected chi connectivity index (χ3v) is 6.45. The predicted molar refractivity (Wildman–Crippen MR) is 141 cm³/mol. The number of benzene rings is 2. The van der Waals surface area contributed by atoms with E-state index in [1.807, 2.05) is 52.8 Å². The first-order valence-electron chi connectivity index (χ1n) is 10.8. The number of nitrogens with zero attached hydrogens (tertiary/aromatic N) is 2. The molecule has 1 aliphatic rings. The fraction of sp³-hybridized carbons (Fsp3) is 0.360. The highest BCUT2D eigenvalue weighted by atomic mass is 127. The van der Waals surface area contributed by atoms with Crippen LogP contribution in [0.4, 0.5) is 4.39 Å². The Labute approximate surface area is 212 Å². The third-order valence-electron chi connectivity index (χ3n) is 4.65. The molecule has 0 radical (unpaired) electrons. The SMILES string of the molecule is CCOc1cc(/C=C2/SC(=NC(C)C)N(C(C)C)C2=O)cc(I)c1OCc1ccc(F)cc1. The quantitative estimate of drug-likeness (QED) is 0.264. The average molecular weight is 582 g/mol. The second-order valence-corrected chi connectivity index (χ2v) is 10.2. The van der Waals surface area contributed by atoms with Crippen molar-refractivity contribution in [3.8, 4) is 11.5 Å². The van der Waals surface area contributed by atoms with Crippen molar-refractivity contribution in [1.29, 1.82) is 0 Å². The van der Waals surface area contributed by atoms with Gasteiger partial charge < -0.3 is 9.47 Å². The van der Waals surface area contributed by atoms with Gasteiger partial charge in [-0.25, -0.2) is 4.39 Å². The summed E-state index contributed by atoms with van der Waals surface area (Å²) in [4.78, 5) is 20.1. The van der Waals surface area contributed by atoms with Gasteiger partial charge in [0, 0.05) is 12.1 Å². The van der Waals surface area contributed by atoms with Crippen molar-refractivity contribution in [2.45, 2.75) is 53.3 Å². The van der Waals surface area contributed by atoms with E-state index in [9.17, 15) is 9.18 Å². The van der Waals surface area contributed by atoms with Gasteiger partial charge in [-0.3, -0.25) is 14.7 Å². The first kappa shape index (κ1) is 25.6. The fourth-order valence-corrected chi connectivity index (χ4v) is 5.23. The molecule has 33 heavy (non-hydrogen) atoms. The maximum absolute atomic E-state index is 13.2. The minimum absolute atomic E-state index is 0.0229. The lowest BCUT2D eigenvalue weighted by Gasteiger charge is -2.20. The van der Waals surface area contributed by atoms with Crippen LogP contribution in [0.2, 0.25) is 0 Å². The number of amides is 1. The summed E-state index contributed by atoms with van der Waals surface area (Å²) in [6, 6.07) is 10.2. The molecule has 0 aromatic heterocycles. The van der Waals surface area contributed by atoms with Crippen molar-refractivity contribution >= 4 is 51.5 Å². The highest BCUT2D eigenvalue weighted by Gasteiger charge is 2.35. The molecule has 3 rings (SSSR count). The van der Waals surface area contributed by atoms with Crippen molar-refractivity contribution in [3.63, 3.8) is 0 Å². The van der Waals surface area contributed by atoms with Crippen molar-refractivity contribution in [3.05, 3.63) is 61.8 Å². The van der Waals surface area contributed by atoms with E-state index < -0.39 is 0 Å². The van der Waals surface area contributed by atoms with Crippen LogP contribution in [0.1, 0.15) is 45.7 Å². The Hall–Kier alpha value is -2.07. The Bertz CT molecular complexity index is 1070. The number of halogens is 2. The van der Waals surface area contributed by atoms with Crippen molar-refractivity contribution in [2.24, 2.45) is 4.99 Å². The smallest absolute Gasteiger partial charge is 0.266 e. The van der Waals surface area contributed by atoms with Gasteiger partial charge in [-0.2, -0.15) is 0 Å². The molecule has 1 aliphatic heterocycles. The van der Waals surface area contributed by atoms with Gasteiger partial charge in [-0.05, 0) is 110 Å². The zero-order chi connectivity index (χ0) is 24.1. The van der Waals surface area contributed by atoms with Gasteiger partial charge in [0.15, 0.2) is 16.7 Å². The van der Waals surface area contributed by atoms with Crippen LogP contribution in [-0.2, 0) is 11.4 Å². The van der Waals surface area contributed by atoms with Crippen LogP contribution >= 0.6 is 34.4 Å². The lowest BCUT2D eigenvalue weighted by atomic mass is 10.1. The van der Waals surface area contributed by atoms with Crippen LogP contribution in [0, 0.1) is 9.39 Å². The molecule has 2 aromatic rings. The number of hydrogen-bond donors (Lipinski definition) is 0. The largest absolute Gasteiger partial charge is 0.490 e. The molecule has 0 aliphatic carbocycles. The minimum Gasteiger partial charge on any atom is -0.490 e. The summed E-state index contributed by atoms with van der Waals surface area (Å²) in [5.74, 6) is 0.905. The standard InChI is InChI=1S/C25H28FIN2O3S/c1-6-31-21-12-18(11-20(27)23(21)32-14-17-7-9-19(26)10-8-17)13-22-24(30)29(16(4)5)25(33-22)28-15(2)3/h7-13,15-16H,6,14H2,1-5H3/b22-13+,28-25?. The van der Waals surface area contributed by atoms with Crippen molar-refractivity contribution in [1.82, 2.24) is 4.90 Å². The molecule has 0 unspecified atom stereocenters. The predicted octanol–water partition coefficient (Wildman–Crippen LogP) is 6.50. The maximum Gasteiger partial charge on any atom is 0.266 e. The lowest BCUT2D eigenvalue weighted by Crippen LogP contribution is -2.35. The Morgan fingerprint density at radius 3 is 2.45 bits per heavy atom. The van der Waals surface area contributed by atoms with E-state index in [-0.39, 0.29) is 23.8 Å². The molecule has 0 spiro atoms. The number of carbonyl (C=O) groups excluding carboxylic acids is 1. The molecular weight excluding hydrogens is 554 g/mol. The molecule has 0 saturated carbocycles. The molecule has 8 heteroatoms. The van der Waals surface area contributed by atoms with Crippen LogP contribution in [0.5, 0.6) is 11.5 Å². The highest BCUT2D eigenvalue weighted by Crippen LogP contribution is 2.38. The molecule has 0 N–H and O–H groups in total. The zero-order valence-corrected chi connectivity index (χ0v) is 22.4. The van der Waals surface area contributed by atoms with Gasteiger partial charge in [0.05, 0.1) is 15.1 Å². The van der Waals surface area contributed by atoms with Gasteiger partial charge in [0.2, 0.25) is 0 Å². The van der Waals surface area contributed by atoms with Crippen molar-refractivity contribution in [2.75, 3.05) is 6.61 Å². The normalized spacial score (nSPS) is 16.5. The van der Waals surface area contributed by atoms with E-state index in [0.29, 0.717) is 29.6 Å². The van der Waals surface area contributed by atoms with Gasteiger partial charge in [-0.15, -0.1) is 0 Å². The van der Waals surface area contributed by atoms with E-state index in [4.69, 9.17) is 9.47 Å². The molecule has 1 amide bonds. The van der Waals surface area contributed by atoms with E-state index in [1.54, 1.807) is 17.0 Å². The van der Waals surface area contributed by atoms with Gasteiger partial charge in [0.25, 0.3) is 5.91 Å². The summed E-state index contributed by atoms with van der Waals surface area (Å²) in [7, 11) is 0. The third kappa shape index (κ3) is 6.50. The molecule has 0 bridgehead atoms. The number of amidine groups is 1. The number of ether oxygens (including phenoxy) is 2. The zero-order valence-electron chi connectivity index (χ0n) is 19.4. The number of rotatable bonds is 8. The first-order valence-corrected chi connectivity index (χ1v) is 12.7. The van der Waals surface area contributed by atoms with Gasteiger partial charge >= 0.3 is 0 Å². The Morgan fingerprint density at radius 2 is 1.85 bits per heavy atom. The monoisotopic (exact) mass is 582 g/mol. The summed E-state index contributed by atoms with van der Waals surface area (Å²) >= 11 is 3.60. The van der Waals surface area contributed by atoms with Crippen LogP contribution in [-0.4, -0.2) is 34.7 Å². The minimum atomic E-state index is -0.280. The second-order valence-electron chi connectivity index (χ2n) is 8.06. The van der Waals surface area contributed by atoms with Gasteiger partial charge in [-0.1, -0.05) is 12.1 Å². The summed E-state index contributed by atoms with van der Waals surface area (Å²) in [6.07, 6.45) is 1.87. The topological polar surface area (TPSA) is 51.1 Å². The highest BCUT2D eigenvalue weighted by molar-refractivity contribution is 14.1. The number of hydrogen-bond acceptors (Lipinski definition) is 5. The average Bonchev–Trinajstić information content (AvgIpc) is 3.03. The summed E-state index contributed by atoms with van der Waals surface area (Å²) < 4.78 is 25.9. The van der Waals surface area contributed by atoms with E-state index >= 15 is 0 Å². The molecule has 176 valence electrons. The first-order chi connectivity index (χ1) is 15.7. The van der Waals surface area contributed by atoms with E-state index in [0.717, 1.165) is 19.9 Å². The maximum atomic E-state index is 13.2. The summed E-state index contributed by atoms with van der Waals surface area (Å²) in [5.41, 5.74) is 1.71. The number of carbonyl (C=O) groups is 1. The van der Waals surface area contributed by atoms with Crippen LogP contribution < -0.4 is 9.47 Å². The van der Waals surface area contributed by atoms with Crippen LogP contribution in [0.25, 0.3) is 6.08 Å². The summed E-state index contributed by atoms with van der Waals surface area (Å²) in [6.45, 7) is 10.7. The molecule has 1 heterocycles. The van der Waals surface area contributed by atoms with E-state index in [1.165, 1.54) is 23.9 Å². The molecular formula is C25H28FIN2O3S. The second kappa shape index (κ2) is 11.4. The number of aliphatic imine (C=N–C) groups is 1. The Balaban J connectivity index is 1.90. The Morgan fingerprint density at radius 1 is 1.15 bits per heavy atom. The Kier molecular flexibility index (Phi) is 8.81.